The van der Waals surface area contributed by atoms with Gasteiger partial charge in [0.15, 0.2) is 0 Å². The number of nitrogens with two attached hydrogens (primary N) is 1. The average Bonchev–Trinajstić information content (AvgIpc) is 2.61. The van der Waals surface area contributed by atoms with Crippen LogP contribution in [0.5, 0.6) is 0 Å². The highest BCUT2D eigenvalue weighted by Crippen LogP contribution is 2.20. The lowest BCUT2D eigenvalue weighted by Crippen LogP contribution is -2.37. The number of hydrogen-bond acceptors (Lipinski definition) is 3. The minimum atomic E-state index is 0. The van der Waals surface area contributed by atoms with Gasteiger partial charge in [0.2, 0.25) is 5.91 Å². The molecule has 0 aliphatic carbocycles. The van der Waals surface area contributed by atoms with E-state index in [-0.39, 0.29) is 24.4 Å². The van der Waals surface area contributed by atoms with E-state index in [1.165, 1.54) is 4.88 Å². The molecule has 1 aromatic rings. The molecule has 0 bridgehead atoms. The van der Waals surface area contributed by atoms with E-state index >= 15 is 0 Å². The molecule has 0 spiro atoms. The lowest BCUT2D eigenvalue weighted by Gasteiger charge is -2.10. The molecule has 0 fully saturated rings. The molecule has 1 atom stereocenters. The van der Waals surface area contributed by atoms with E-state index in [1.807, 2.05) is 18.4 Å². The summed E-state index contributed by atoms with van der Waals surface area (Å²) < 4.78 is 1.08. The van der Waals surface area contributed by atoms with Crippen molar-refractivity contribution >= 4 is 45.6 Å². The third kappa shape index (κ3) is 5.84. The van der Waals surface area contributed by atoms with Crippen LogP contribution in [0.1, 0.15) is 18.2 Å². The van der Waals surface area contributed by atoms with Gasteiger partial charge in [0, 0.05) is 33.7 Å². The standard InChI is InChI=1S/C10H15BrN2OS.ClH/c1-7(5-12)13-10(14)3-2-9-4-8(11)6-15-9;/h4,6-7H,2-3,5,12H2,1H3,(H,13,14);1H/t7-;/m1./s1. The molecule has 1 rings (SSSR count). The summed E-state index contributed by atoms with van der Waals surface area (Å²) in [5, 5.41) is 4.86. The van der Waals surface area contributed by atoms with Crippen molar-refractivity contribution in [2.24, 2.45) is 5.73 Å². The number of hydrogen-bond donors (Lipinski definition) is 2. The zero-order valence-electron chi connectivity index (χ0n) is 9.03. The molecule has 3 N–H and O–H groups in total. The van der Waals surface area contributed by atoms with Crippen molar-refractivity contribution < 1.29 is 4.79 Å². The summed E-state index contributed by atoms with van der Waals surface area (Å²) >= 11 is 5.05. The maximum Gasteiger partial charge on any atom is 0.220 e. The summed E-state index contributed by atoms with van der Waals surface area (Å²) in [5.74, 6) is 0.0671. The maximum atomic E-state index is 11.4. The number of rotatable bonds is 5. The SMILES string of the molecule is C[C@H](CN)NC(=O)CCc1cc(Br)cs1.Cl. The summed E-state index contributed by atoms with van der Waals surface area (Å²) in [6.07, 6.45) is 1.32. The molecule has 0 aromatic carbocycles. The predicted molar refractivity (Wildman–Crippen MR) is 74.2 cm³/mol. The second-order valence-corrected chi connectivity index (χ2v) is 5.35. The fourth-order valence-electron chi connectivity index (χ4n) is 1.13. The summed E-state index contributed by atoms with van der Waals surface area (Å²) in [6.45, 7) is 2.38. The number of carbonyl (C=O) groups excluding carboxylic acids is 1. The fraction of sp³-hybridized carbons (Fsp3) is 0.500. The van der Waals surface area contributed by atoms with Gasteiger partial charge in [-0.05, 0) is 35.3 Å². The van der Waals surface area contributed by atoms with Crippen molar-refractivity contribution in [2.75, 3.05) is 6.54 Å². The molecule has 1 aromatic heterocycles. The molecule has 0 aliphatic rings. The van der Waals surface area contributed by atoms with Gasteiger partial charge in [0.25, 0.3) is 0 Å². The largest absolute Gasteiger partial charge is 0.352 e. The van der Waals surface area contributed by atoms with Crippen LogP contribution >= 0.6 is 39.7 Å². The van der Waals surface area contributed by atoms with Crippen molar-refractivity contribution in [1.82, 2.24) is 5.32 Å². The molecule has 1 heterocycles. The molecule has 6 heteroatoms. The van der Waals surface area contributed by atoms with E-state index in [4.69, 9.17) is 5.73 Å². The van der Waals surface area contributed by atoms with E-state index in [0.29, 0.717) is 13.0 Å². The highest BCUT2D eigenvalue weighted by atomic mass is 79.9. The minimum absolute atomic E-state index is 0. The van der Waals surface area contributed by atoms with Gasteiger partial charge in [-0.15, -0.1) is 23.7 Å². The number of amides is 1. The van der Waals surface area contributed by atoms with Crippen LogP contribution in [-0.2, 0) is 11.2 Å². The van der Waals surface area contributed by atoms with Crippen LogP contribution in [-0.4, -0.2) is 18.5 Å². The maximum absolute atomic E-state index is 11.4. The van der Waals surface area contributed by atoms with Gasteiger partial charge >= 0.3 is 0 Å². The van der Waals surface area contributed by atoms with Gasteiger partial charge in [-0.1, -0.05) is 0 Å². The smallest absolute Gasteiger partial charge is 0.220 e. The summed E-state index contributed by atoms with van der Waals surface area (Å²) in [6, 6.07) is 2.11. The first kappa shape index (κ1) is 15.9. The number of nitrogens with one attached hydrogen (secondary N) is 1. The number of thiophene rings is 1. The molecular weight excluding hydrogens is 312 g/mol. The molecule has 0 aliphatic heterocycles. The van der Waals surface area contributed by atoms with Gasteiger partial charge in [-0.3, -0.25) is 4.79 Å². The Morgan fingerprint density at radius 1 is 1.69 bits per heavy atom. The van der Waals surface area contributed by atoms with Crippen molar-refractivity contribution in [3.63, 3.8) is 0 Å². The first-order chi connectivity index (χ1) is 7.11. The van der Waals surface area contributed by atoms with Crippen LogP contribution in [0, 0.1) is 0 Å². The van der Waals surface area contributed by atoms with Crippen LogP contribution in [0.2, 0.25) is 0 Å². The van der Waals surface area contributed by atoms with Crippen molar-refractivity contribution in [2.45, 2.75) is 25.8 Å². The third-order valence-electron chi connectivity index (χ3n) is 1.98. The van der Waals surface area contributed by atoms with Gasteiger partial charge in [0.1, 0.15) is 0 Å². The van der Waals surface area contributed by atoms with Gasteiger partial charge in [-0.25, -0.2) is 0 Å². The second kappa shape index (κ2) is 8.06. The first-order valence-electron chi connectivity index (χ1n) is 4.84. The van der Waals surface area contributed by atoms with Crippen LogP contribution in [0.15, 0.2) is 15.9 Å². The molecule has 0 saturated carbocycles. The molecule has 0 saturated heterocycles. The van der Waals surface area contributed by atoms with E-state index in [1.54, 1.807) is 11.3 Å². The molecule has 16 heavy (non-hydrogen) atoms. The van der Waals surface area contributed by atoms with Crippen molar-refractivity contribution in [1.29, 1.82) is 0 Å². The topological polar surface area (TPSA) is 55.1 Å². The zero-order chi connectivity index (χ0) is 11.3. The normalized spacial score (nSPS) is 11.7. The molecular formula is C10H16BrClN2OS. The monoisotopic (exact) mass is 326 g/mol. The Balaban J connectivity index is 0.00000225. The first-order valence-corrected chi connectivity index (χ1v) is 6.51. The van der Waals surface area contributed by atoms with Crippen LogP contribution in [0.3, 0.4) is 0 Å². The highest BCUT2D eigenvalue weighted by molar-refractivity contribution is 9.10. The van der Waals surface area contributed by atoms with Crippen LogP contribution in [0.4, 0.5) is 0 Å². The molecule has 1 amide bonds. The van der Waals surface area contributed by atoms with E-state index < -0.39 is 0 Å². The van der Waals surface area contributed by atoms with Crippen molar-refractivity contribution in [3.8, 4) is 0 Å². The fourth-order valence-corrected chi connectivity index (χ4v) is 2.58. The Bertz CT molecular complexity index is 332. The minimum Gasteiger partial charge on any atom is -0.352 e. The highest BCUT2D eigenvalue weighted by Gasteiger charge is 2.06. The lowest BCUT2D eigenvalue weighted by molar-refractivity contribution is -0.121. The average molecular weight is 328 g/mol. The Labute approximate surface area is 114 Å². The van der Waals surface area contributed by atoms with Gasteiger partial charge in [0.05, 0.1) is 0 Å². The number of aryl methyl sites for hydroxylation is 1. The molecule has 3 nitrogen and oxygen atoms in total. The van der Waals surface area contributed by atoms with Gasteiger partial charge in [-0.2, -0.15) is 0 Å². The second-order valence-electron chi connectivity index (χ2n) is 3.44. The molecule has 0 radical (unpaired) electrons. The number of carbonyl (C=O) groups is 1. The van der Waals surface area contributed by atoms with E-state index in [9.17, 15) is 4.79 Å². The van der Waals surface area contributed by atoms with Crippen LogP contribution < -0.4 is 11.1 Å². The van der Waals surface area contributed by atoms with Crippen LogP contribution in [0.25, 0.3) is 0 Å². The summed E-state index contributed by atoms with van der Waals surface area (Å²) in [7, 11) is 0. The molecule has 0 unspecified atom stereocenters. The Hall–Kier alpha value is -0.100. The third-order valence-corrected chi connectivity index (χ3v) is 3.74. The Morgan fingerprint density at radius 2 is 2.38 bits per heavy atom. The van der Waals surface area contributed by atoms with E-state index in [0.717, 1.165) is 10.9 Å². The quantitative estimate of drug-likeness (QED) is 0.872. The van der Waals surface area contributed by atoms with Crippen molar-refractivity contribution in [3.05, 3.63) is 20.8 Å². The van der Waals surface area contributed by atoms with E-state index in [2.05, 4.69) is 21.2 Å². The zero-order valence-corrected chi connectivity index (χ0v) is 12.3. The van der Waals surface area contributed by atoms with Gasteiger partial charge < -0.3 is 11.1 Å². The summed E-state index contributed by atoms with van der Waals surface area (Å²) in [4.78, 5) is 12.6. The number of halogens is 2. The predicted octanol–water partition coefficient (Wildman–Crippen LogP) is 2.33. The summed E-state index contributed by atoms with van der Waals surface area (Å²) in [5.41, 5.74) is 5.41. The Kier molecular flexibility index (Phi) is 8.01. The Morgan fingerprint density at radius 3 is 2.88 bits per heavy atom. The molecule has 92 valence electrons. The lowest BCUT2D eigenvalue weighted by atomic mass is 10.2.